The molecule has 2 atom stereocenters. The number of rotatable bonds is 11. The van der Waals surface area contributed by atoms with Gasteiger partial charge in [0.2, 0.25) is 0 Å². The summed E-state index contributed by atoms with van der Waals surface area (Å²) < 4.78 is 2.66. The van der Waals surface area contributed by atoms with Crippen LogP contribution in [0.2, 0.25) is 0 Å². The number of nitrogens with one attached hydrogen (secondary N) is 1. The SMILES string of the molecule is C/C=C(\Nc1c(C)n(C)c(=O)n(C)c1=O)SCC(CCC)CCC(C)CC. The first-order valence-corrected chi connectivity index (χ1v) is 11.1. The van der Waals surface area contributed by atoms with Gasteiger partial charge in [-0.25, -0.2) is 4.79 Å². The number of anilines is 1. The molecule has 2 unspecified atom stereocenters. The highest BCUT2D eigenvalue weighted by Crippen LogP contribution is 2.27. The van der Waals surface area contributed by atoms with Crippen LogP contribution in [0.25, 0.3) is 0 Å². The molecule has 1 aromatic heterocycles. The first-order valence-electron chi connectivity index (χ1n) is 10.1. The molecular weight excluding hydrogens is 358 g/mol. The molecule has 0 bridgehead atoms. The van der Waals surface area contributed by atoms with Crippen molar-refractivity contribution in [2.24, 2.45) is 25.9 Å². The normalized spacial score (nSPS) is 14.3. The van der Waals surface area contributed by atoms with Crippen LogP contribution >= 0.6 is 11.8 Å². The van der Waals surface area contributed by atoms with Gasteiger partial charge in [-0.15, -0.1) is 11.8 Å². The maximum Gasteiger partial charge on any atom is 0.330 e. The third kappa shape index (κ3) is 6.59. The third-order valence-electron chi connectivity index (χ3n) is 5.40. The Hall–Kier alpha value is -1.43. The molecular formula is C21H37N3O2S. The quantitative estimate of drug-likeness (QED) is 0.593. The van der Waals surface area contributed by atoms with E-state index in [-0.39, 0.29) is 11.2 Å². The van der Waals surface area contributed by atoms with Crippen molar-refractivity contribution in [2.75, 3.05) is 11.1 Å². The first kappa shape index (κ1) is 23.6. The zero-order valence-corrected chi connectivity index (χ0v) is 18.9. The third-order valence-corrected chi connectivity index (χ3v) is 6.69. The summed E-state index contributed by atoms with van der Waals surface area (Å²) in [5.74, 6) is 2.52. The van der Waals surface area contributed by atoms with Gasteiger partial charge in [0.05, 0.1) is 5.03 Å². The average molecular weight is 396 g/mol. The summed E-state index contributed by atoms with van der Waals surface area (Å²) in [5, 5.41) is 4.25. The predicted octanol–water partition coefficient (Wildman–Crippen LogP) is 4.64. The van der Waals surface area contributed by atoms with E-state index >= 15 is 0 Å². The number of allylic oxidation sites excluding steroid dienone is 1. The fraction of sp³-hybridized carbons (Fsp3) is 0.714. The number of hydrogen-bond donors (Lipinski definition) is 1. The van der Waals surface area contributed by atoms with Crippen LogP contribution in [0.4, 0.5) is 5.69 Å². The zero-order chi connectivity index (χ0) is 20.6. The van der Waals surface area contributed by atoms with Crippen molar-refractivity contribution in [3.8, 4) is 0 Å². The standard InChI is InChI=1S/C21H37N3O2S/c1-8-11-17(13-12-15(4)9-2)14-27-18(10-3)22-19-16(5)23(6)21(26)24(7)20(19)25/h10,15,17,22H,8-9,11-14H2,1-7H3/b18-10+. The van der Waals surface area contributed by atoms with Crippen molar-refractivity contribution in [1.82, 2.24) is 9.13 Å². The maximum atomic E-state index is 12.5. The van der Waals surface area contributed by atoms with Crippen molar-refractivity contribution >= 4 is 17.4 Å². The van der Waals surface area contributed by atoms with Gasteiger partial charge in [0.25, 0.3) is 5.56 Å². The molecule has 1 heterocycles. The summed E-state index contributed by atoms with van der Waals surface area (Å²) in [7, 11) is 3.21. The first-order chi connectivity index (χ1) is 12.8. The zero-order valence-electron chi connectivity index (χ0n) is 18.1. The van der Waals surface area contributed by atoms with Crippen molar-refractivity contribution in [3.05, 3.63) is 37.6 Å². The van der Waals surface area contributed by atoms with Gasteiger partial charge in [-0.2, -0.15) is 0 Å². The molecule has 154 valence electrons. The molecule has 0 saturated heterocycles. The van der Waals surface area contributed by atoms with Gasteiger partial charge in [0.15, 0.2) is 0 Å². The van der Waals surface area contributed by atoms with Crippen LogP contribution in [0.1, 0.15) is 65.5 Å². The summed E-state index contributed by atoms with van der Waals surface area (Å²) in [6.45, 7) is 10.6. The molecule has 0 aliphatic rings. The van der Waals surface area contributed by atoms with Crippen molar-refractivity contribution in [3.63, 3.8) is 0 Å². The highest BCUT2D eigenvalue weighted by Gasteiger charge is 2.15. The Bertz CT molecular complexity index is 749. The van der Waals surface area contributed by atoms with Gasteiger partial charge in [-0.1, -0.05) is 46.1 Å². The van der Waals surface area contributed by atoms with E-state index in [2.05, 4.69) is 26.1 Å². The Morgan fingerprint density at radius 1 is 1.15 bits per heavy atom. The largest absolute Gasteiger partial charge is 0.345 e. The van der Waals surface area contributed by atoms with E-state index in [4.69, 9.17) is 0 Å². The van der Waals surface area contributed by atoms with Crippen LogP contribution in [0, 0.1) is 18.8 Å². The summed E-state index contributed by atoms with van der Waals surface area (Å²) in [6, 6.07) is 0. The van der Waals surface area contributed by atoms with Gasteiger partial charge in [0.1, 0.15) is 5.69 Å². The molecule has 5 nitrogen and oxygen atoms in total. The Morgan fingerprint density at radius 3 is 2.37 bits per heavy atom. The molecule has 1 rings (SSSR count). The Kier molecular flexibility index (Phi) is 9.99. The topological polar surface area (TPSA) is 56.0 Å². The molecule has 1 aromatic rings. The van der Waals surface area contributed by atoms with Crippen molar-refractivity contribution in [2.45, 2.75) is 66.7 Å². The lowest BCUT2D eigenvalue weighted by Crippen LogP contribution is -2.39. The molecule has 0 spiro atoms. The lowest BCUT2D eigenvalue weighted by molar-refractivity contribution is 0.408. The number of hydrogen-bond acceptors (Lipinski definition) is 4. The van der Waals surface area contributed by atoms with Gasteiger partial charge in [0, 0.05) is 25.5 Å². The number of aromatic nitrogens is 2. The lowest BCUT2D eigenvalue weighted by Gasteiger charge is -2.20. The minimum absolute atomic E-state index is 0.280. The van der Waals surface area contributed by atoms with E-state index < -0.39 is 0 Å². The molecule has 0 fully saturated rings. The molecule has 27 heavy (non-hydrogen) atoms. The number of nitrogens with zero attached hydrogens (tertiary/aromatic N) is 2. The van der Waals surface area contributed by atoms with Crippen LogP contribution in [0.3, 0.4) is 0 Å². The fourth-order valence-electron chi connectivity index (χ4n) is 3.06. The second-order valence-electron chi connectivity index (χ2n) is 7.50. The van der Waals surface area contributed by atoms with E-state index in [1.54, 1.807) is 25.7 Å². The van der Waals surface area contributed by atoms with Crippen molar-refractivity contribution < 1.29 is 0 Å². The second kappa shape index (κ2) is 11.4. The minimum Gasteiger partial charge on any atom is -0.345 e. The monoisotopic (exact) mass is 395 g/mol. The lowest BCUT2D eigenvalue weighted by atomic mass is 9.94. The summed E-state index contributed by atoms with van der Waals surface area (Å²) in [4.78, 5) is 24.6. The van der Waals surface area contributed by atoms with Crippen LogP contribution < -0.4 is 16.6 Å². The van der Waals surface area contributed by atoms with Gasteiger partial charge < -0.3 is 5.32 Å². The molecule has 6 heteroatoms. The number of thioether (sulfide) groups is 1. The molecule has 0 saturated carbocycles. The summed E-state index contributed by atoms with van der Waals surface area (Å²) in [5.41, 5.74) is 0.556. The summed E-state index contributed by atoms with van der Waals surface area (Å²) in [6.07, 6.45) is 8.22. The molecule has 0 aromatic carbocycles. The molecule has 0 aliphatic heterocycles. The highest BCUT2D eigenvalue weighted by molar-refractivity contribution is 8.03. The molecule has 0 amide bonds. The Morgan fingerprint density at radius 2 is 1.81 bits per heavy atom. The second-order valence-corrected chi connectivity index (χ2v) is 8.56. The predicted molar refractivity (Wildman–Crippen MR) is 119 cm³/mol. The van der Waals surface area contributed by atoms with Gasteiger partial charge >= 0.3 is 5.69 Å². The van der Waals surface area contributed by atoms with E-state index in [1.165, 1.54) is 43.7 Å². The summed E-state index contributed by atoms with van der Waals surface area (Å²) >= 11 is 1.77. The fourth-order valence-corrected chi connectivity index (χ4v) is 4.14. The molecule has 0 aliphatic carbocycles. The smallest absolute Gasteiger partial charge is 0.330 e. The average Bonchev–Trinajstić information content (AvgIpc) is 2.67. The van der Waals surface area contributed by atoms with Crippen LogP contribution in [0.5, 0.6) is 0 Å². The van der Waals surface area contributed by atoms with Crippen LogP contribution in [-0.4, -0.2) is 14.9 Å². The van der Waals surface area contributed by atoms with Crippen molar-refractivity contribution in [1.29, 1.82) is 0 Å². The van der Waals surface area contributed by atoms with Gasteiger partial charge in [-0.3, -0.25) is 13.9 Å². The highest BCUT2D eigenvalue weighted by atomic mass is 32.2. The maximum absolute atomic E-state index is 12.5. The molecule has 0 radical (unpaired) electrons. The van der Waals surface area contributed by atoms with E-state index in [9.17, 15) is 9.59 Å². The van der Waals surface area contributed by atoms with Gasteiger partial charge in [-0.05, 0) is 38.5 Å². The minimum atomic E-state index is -0.300. The Balaban J connectivity index is 2.86. The Labute approximate surface area is 168 Å². The van der Waals surface area contributed by atoms with Crippen LogP contribution in [0.15, 0.2) is 20.7 Å². The molecule has 1 N–H and O–H groups in total. The van der Waals surface area contributed by atoms with E-state index in [1.807, 2.05) is 13.0 Å². The van der Waals surface area contributed by atoms with E-state index in [0.717, 1.165) is 21.3 Å². The van der Waals surface area contributed by atoms with Crippen LogP contribution in [-0.2, 0) is 14.1 Å². The van der Waals surface area contributed by atoms with E-state index in [0.29, 0.717) is 17.3 Å².